The topological polar surface area (TPSA) is 37.8 Å². The summed E-state index contributed by atoms with van der Waals surface area (Å²) in [4.78, 5) is 11.5. The van der Waals surface area contributed by atoms with Gasteiger partial charge in [0.15, 0.2) is 0 Å². The van der Waals surface area contributed by atoms with E-state index in [1.54, 1.807) is 4.68 Å². The zero-order chi connectivity index (χ0) is 9.30. The molecule has 0 atom stereocenters. The van der Waals surface area contributed by atoms with E-state index >= 15 is 0 Å². The van der Waals surface area contributed by atoms with Gasteiger partial charge in [-0.25, -0.2) is 0 Å². The third-order valence-electron chi connectivity index (χ3n) is 2.12. The van der Waals surface area contributed by atoms with Crippen molar-refractivity contribution < 1.29 is 0 Å². The van der Waals surface area contributed by atoms with Crippen molar-refractivity contribution in [1.82, 2.24) is 9.78 Å². The van der Waals surface area contributed by atoms with Gasteiger partial charge in [0.05, 0.1) is 0 Å². The Morgan fingerprint density at radius 2 is 2.08 bits per heavy atom. The van der Waals surface area contributed by atoms with Gasteiger partial charge in [-0.2, -0.15) is 0 Å². The van der Waals surface area contributed by atoms with Gasteiger partial charge in [0, 0.05) is 17.3 Å². The summed E-state index contributed by atoms with van der Waals surface area (Å²) in [5.41, 5.74) is 2.02. The minimum Gasteiger partial charge on any atom is -0.299 e. The lowest BCUT2D eigenvalue weighted by Crippen LogP contribution is -2.19. The average molecular weight is 168 g/mol. The van der Waals surface area contributed by atoms with Gasteiger partial charge in [0.1, 0.15) is 0 Å². The highest BCUT2D eigenvalue weighted by Crippen LogP contribution is 2.04. The molecule has 68 valence electrons. The summed E-state index contributed by atoms with van der Waals surface area (Å²) in [6, 6.07) is 0.219. The number of nitrogens with one attached hydrogen (secondary N) is 1. The molecule has 0 unspecified atom stereocenters. The van der Waals surface area contributed by atoms with Crippen LogP contribution in [0.15, 0.2) is 4.79 Å². The Labute approximate surface area is 72.4 Å². The fourth-order valence-corrected chi connectivity index (χ4v) is 1.30. The minimum absolute atomic E-state index is 0.113. The van der Waals surface area contributed by atoms with E-state index < -0.39 is 0 Å². The molecular weight excluding hydrogens is 152 g/mol. The first-order valence-electron chi connectivity index (χ1n) is 4.37. The van der Waals surface area contributed by atoms with Crippen molar-refractivity contribution in [2.45, 2.75) is 40.2 Å². The predicted molar refractivity (Wildman–Crippen MR) is 49.6 cm³/mol. The van der Waals surface area contributed by atoms with Crippen LogP contribution in [0.2, 0.25) is 0 Å². The Morgan fingerprint density at radius 1 is 1.50 bits per heavy atom. The fourth-order valence-electron chi connectivity index (χ4n) is 1.30. The SMILES string of the molecule is CCc1[nH]n(C(C)C)c(=O)c1C. The summed E-state index contributed by atoms with van der Waals surface area (Å²) in [5.74, 6) is 0. The Morgan fingerprint density at radius 3 is 2.33 bits per heavy atom. The zero-order valence-corrected chi connectivity index (χ0v) is 8.14. The van der Waals surface area contributed by atoms with Gasteiger partial charge in [-0.05, 0) is 27.2 Å². The van der Waals surface area contributed by atoms with Crippen LogP contribution in [-0.4, -0.2) is 9.78 Å². The second-order valence-electron chi connectivity index (χ2n) is 3.34. The molecular formula is C9H16N2O. The number of hydrogen-bond donors (Lipinski definition) is 1. The van der Waals surface area contributed by atoms with E-state index in [0.29, 0.717) is 0 Å². The first-order valence-corrected chi connectivity index (χ1v) is 4.37. The maximum Gasteiger partial charge on any atom is 0.269 e. The van der Waals surface area contributed by atoms with Gasteiger partial charge in [0.2, 0.25) is 0 Å². The molecule has 0 spiro atoms. The van der Waals surface area contributed by atoms with E-state index in [2.05, 4.69) is 5.10 Å². The van der Waals surface area contributed by atoms with Gasteiger partial charge >= 0.3 is 0 Å². The number of aryl methyl sites for hydroxylation is 1. The molecule has 1 aromatic rings. The van der Waals surface area contributed by atoms with Crippen molar-refractivity contribution in [2.75, 3.05) is 0 Å². The number of hydrogen-bond acceptors (Lipinski definition) is 1. The molecule has 0 saturated carbocycles. The second-order valence-corrected chi connectivity index (χ2v) is 3.34. The first-order chi connectivity index (χ1) is 5.57. The quantitative estimate of drug-likeness (QED) is 0.716. The molecule has 0 aromatic carbocycles. The first kappa shape index (κ1) is 9.10. The summed E-state index contributed by atoms with van der Waals surface area (Å²) in [7, 11) is 0. The molecule has 12 heavy (non-hydrogen) atoms. The number of rotatable bonds is 2. The molecule has 1 rings (SSSR count). The third-order valence-corrected chi connectivity index (χ3v) is 2.12. The van der Waals surface area contributed by atoms with E-state index in [1.807, 2.05) is 27.7 Å². The van der Waals surface area contributed by atoms with Crippen LogP contribution in [0.5, 0.6) is 0 Å². The Bertz CT molecular complexity index is 320. The molecule has 0 fully saturated rings. The van der Waals surface area contributed by atoms with Crippen molar-refractivity contribution in [3.8, 4) is 0 Å². The zero-order valence-electron chi connectivity index (χ0n) is 8.14. The van der Waals surface area contributed by atoms with Gasteiger partial charge in [-0.15, -0.1) is 0 Å². The summed E-state index contributed by atoms with van der Waals surface area (Å²) in [6.45, 7) is 7.91. The minimum atomic E-state index is 0.113. The monoisotopic (exact) mass is 168 g/mol. The summed E-state index contributed by atoms with van der Waals surface area (Å²) < 4.78 is 1.67. The highest BCUT2D eigenvalue weighted by Gasteiger charge is 2.09. The summed E-state index contributed by atoms with van der Waals surface area (Å²) >= 11 is 0. The van der Waals surface area contributed by atoms with Crippen molar-refractivity contribution in [3.05, 3.63) is 21.6 Å². The van der Waals surface area contributed by atoms with Crippen LogP contribution in [0.3, 0.4) is 0 Å². The van der Waals surface area contributed by atoms with Crippen LogP contribution in [0.1, 0.15) is 38.1 Å². The van der Waals surface area contributed by atoms with E-state index in [0.717, 1.165) is 17.7 Å². The summed E-state index contributed by atoms with van der Waals surface area (Å²) in [6.07, 6.45) is 0.890. The van der Waals surface area contributed by atoms with E-state index in [1.165, 1.54) is 0 Å². The van der Waals surface area contributed by atoms with Gasteiger partial charge in [-0.1, -0.05) is 6.92 Å². The number of aromatic amines is 1. The summed E-state index contributed by atoms with van der Waals surface area (Å²) in [5, 5.41) is 3.10. The van der Waals surface area contributed by atoms with Crippen LogP contribution < -0.4 is 5.56 Å². The van der Waals surface area contributed by atoms with Crippen molar-refractivity contribution >= 4 is 0 Å². The van der Waals surface area contributed by atoms with E-state index in [4.69, 9.17) is 0 Å². The lowest BCUT2D eigenvalue weighted by Gasteiger charge is -2.03. The normalized spacial score (nSPS) is 11.1. The van der Waals surface area contributed by atoms with Crippen LogP contribution >= 0.6 is 0 Å². The predicted octanol–water partition coefficient (Wildman–Crippen LogP) is 1.63. The molecule has 0 aliphatic carbocycles. The van der Waals surface area contributed by atoms with Crippen LogP contribution in [0, 0.1) is 6.92 Å². The third kappa shape index (κ3) is 1.31. The maximum absolute atomic E-state index is 11.5. The van der Waals surface area contributed by atoms with Crippen molar-refractivity contribution in [3.63, 3.8) is 0 Å². The highest BCUT2D eigenvalue weighted by molar-refractivity contribution is 5.15. The number of aromatic nitrogens is 2. The van der Waals surface area contributed by atoms with E-state index in [-0.39, 0.29) is 11.6 Å². The van der Waals surface area contributed by atoms with Crippen molar-refractivity contribution in [1.29, 1.82) is 0 Å². The second kappa shape index (κ2) is 3.17. The lowest BCUT2D eigenvalue weighted by atomic mass is 10.2. The van der Waals surface area contributed by atoms with Crippen molar-refractivity contribution in [2.24, 2.45) is 0 Å². The average Bonchev–Trinajstić information content (AvgIpc) is 2.30. The molecule has 0 amide bonds. The fraction of sp³-hybridized carbons (Fsp3) is 0.667. The molecule has 0 saturated heterocycles. The van der Waals surface area contributed by atoms with Crippen LogP contribution in [0.4, 0.5) is 0 Å². The molecule has 1 heterocycles. The van der Waals surface area contributed by atoms with Crippen LogP contribution in [-0.2, 0) is 6.42 Å². The van der Waals surface area contributed by atoms with Crippen LogP contribution in [0.25, 0.3) is 0 Å². The lowest BCUT2D eigenvalue weighted by molar-refractivity contribution is 0.512. The van der Waals surface area contributed by atoms with Gasteiger partial charge < -0.3 is 0 Å². The molecule has 3 nitrogen and oxygen atoms in total. The van der Waals surface area contributed by atoms with Gasteiger partial charge in [0.25, 0.3) is 5.56 Å². The Hall–Kier alpha value is -0.990. The van der Waals surface area contributed by atoms with E-state index in [9.17, 15) is 4.79 Å². The smallest absolute Gasteiger partial charge is 0.269 e. The number of H-pyrrole nitrogens is 1. The Balaban J connectivity index is 3.25. The molecule has 0 aliphatic rings. The standard InChI is InChI=1S/C9H16N2O/c1-5-8-7(4)9(12)11(10-8)6(2)3/h6,10H,5H2,1-4H3. The molecule has 1 N–H and O–H groups in total. The molecule has 3 heteroatoms. The molecule has 0 bridgehead atoms. The highest BCUT2D eigenvalue weighted by atomic mass is 16.1. The maximum atomic E-state index is 11.5. The van der Waals surface area contributed by atoms with Gasteiger partial charge in [-0.3, -0.25) is 14.6 Å². The molecule has 0 aliphatic heterocycles. The molecule has 1 aromatic heterocycles. The number of nitrogens with zero attached hydrogens (tertiary/aromatic N) is 1. The molecule has 0 radical (unpaired) electrons. The Kier molecular flexibility index (Phi) is 2.40. The largest absolute Gasteiger partial charge is 0.299 e.